The normalized spacial score (nSPS) is 21.9. The van der Waals surface area contributed by atoms with E-state index in [1.807, 2.05) is 11.8 Å². The quantitative estimate of drug-likeness (QED) is 0.773. The Morgan fingerprint density at radius 1 is 1.32 bits per heavy atom. The first kappa shape index (κ1) is 13.6. The van der Waals surface area contributed by atoms with Crippen molar-refractivity contribution in [3.63, 3.8) is 0 Å². The molecule has 0 unspecified atom stereocenters. The van der Waals surface area contributed by atoms with Crippen molar-refractivity contribution in [3.8, 4) is 0 Å². The van der Waals surface area contributed by atoms with Crippen LogP contribution in [0, 0.1) is 13.8 Å². The molecular formula is C14H15N5O2S. The average Bonchev–Trinajstić information content (AvgIpc) is 3.15. The highest BCUT2D eigenvalue weighted by molar-refractivity contribution is 7.18. The van der Waals surface area contributed by atoms with Crippen LogP contribution >= 0.6 is 11.3 Å². The topological polar surface area (TPSA) is 88.2 Å². The zero-order chi connectivity index (χ0) is 15.3. The van der Waals surface area contributed by atoms with E-state index >= 15 is 0 Å². The Morgan fingerprint density at radius 3 is 2.95 bits per heavy atom. The van der Waals surface area contributed by atoms with Gasteiger partial charge in [0.2, 0.25) is 11.8 Å². The lowest BCUT2D eigenvalue weighted by Gasteiger charge is -2.23. The van der Waals surface area contributed by atoms with Crippen LogP contribution in [0.4, 0.5) is 5.82 Å². The molecule has 1 aliphatic heterocycles. The van der Waals surface area contributed by atoms with Crippen molar-refractivity contribution >= 4 is 27.4 Å². The predicted molar refractivity (Wildman–Crippen MR) is 81.9 cm³/mol. The third-order valence-electron chi connectivity index (χ3n) is 3.81. The first-order valence-electron chi connectivity index (χ1n) is 7.07. The number of aliphatic hydroxyl groups is 1. The average molecular weight is 317 g/mol. The smallest absolute Gasteiger partial charge is 0.238 e. The summed E-state index contributed by atoms with van der Waals surface area (Å²) >= 11 is 1.64. The Labute approximate surface area is 130 Å². The second-order valence-electron chi connectivity index (χ2n) is 5.49. The highest BCUT2D eigenvalue weighted by Crippen LogP contribution is 2.39. The molecule has 3 aromatic rings. The number of hydrogen-bond donors (Lipinski definition) is 1. The molecule has 0 radical (unpaired) electrons. The summed E-state index contributed by atoms with van der Waals surface area (Å²) in [5, 5.41) is 19.1. The Kier molecular flexibility index (Phi) is 3.08. The highest BCUT2D eigenvalue weighted by Gasteiger charge is 2.37. The van der Waals surface area contributed by atoms with Crippen molar-refractivity contribution in [1.29, 1.82) is 0 Å². The van der Waals surface area contributed by atoms with Crippen LogP contribution in [0.25, 0.3) is 10.2 Å². The minimum Gasteiger partial charge on any atom is -0.423 e. The molecule has 8 heteroatoms. The van der Waals surface area contributed by atoms with Gasteiger partial charge in [0, 0.05) is 24.8 Å². The monoisotopic (exact) mass is 317 g/mol. The van der Waals surface area contributed by atoms with E-state index in [2.05, 4.69) is 26.2 Å². The largest absolute Gasteiger partial charge is 0.423 e. The van der Waals surface area contributed by atoms with Crippen molar-refractivity contribution in [3.05, 3.63) is 29.1 Å². The number of fused-ring (bicyclic) bond motifs is 1. The SMILES string of the molecule is Cc1nnc([C@H]2C[C@@H](O)CN2c2ncnc3sc(C)cc23)o1. The minimum absolute atomic E-state index is 0.158. The van der Waals surface area contributed by atoms with Gasteiger partial charge in [-0.3, -0.25) is 0 Å². The molecule has 3 aromatic heterocycles. The number of hydrogen-bond acceptors (Lipinski definition) is 8. The Hall–Kier alpha value is -2.06. The van der Waals surface area contributed by atoms with E-state index in [9.17, 15) is 5.11 Å². The van der Waals surface area contributed by atoms with Gasteiger partial charge in [0.15, 0.2) is 0 Å². The zero-order valence-electron chi connectivity index (χ0n) is 12.2. The molecule has 22 heavy (non-hydrogen) atoms. The summed E-state index contributed by atoms with van der Waals surface area (Å²) in [5.74, 6) is 1.86. The van der Waals surface area contributed by atoms with E-state index in [-0.39, 0.29) is 6.04 Å². The molecule has 4 heterocycles. The van der Waals surface area contributed by atoms with Crippen LogP contribution in [-0.2, 0) is 0 Å². The van der Waals surface area contributed by atoms with Gasteiger partial charge in [-0.05, 0) is 13.0 Å². The number of aryl methyl sites for hydroxylation is 2. The van der Waals surface area contributed by atoms with Gasteiger partial charge in [0.05, 0.1) is 11.5 Å². The molecule has 7 nitrogen and oxygen atoms in total. The number of aromatic nitrogens is 4. The van der Waals surface area contributed by atoms with E-state index in [1.165, 1.54) is 4.88 Å². The molecule has 2 atom stereocenters. The lowest BCUT2D eigenvalue weighted by Crippen LogP contribution is -2.25. The minimum atomic E-state index is -0.443. The van der Waals surface area contributed by atoms with E-state index in [0.29, 0.717) is 24.7 Å². The fraction of sp³-hybridized carbons (Fsp3) is 0.429. The predicted octanol–water partition coefficient (Wildman–Crippen LogP) is 2.00. The van der Waals surface area contributed by atoms with Crippen LogP contribution in [0.3, 0.4) is 0 Å². The number of thiophene rings is 1. The molecular weight excluding hydrogens is 302 g/mol. The molecule has 0 bridgehead atoms. The zero-order valence-corrected chi connectivity index (χ0v) is 13.0. The number of anilines is 1. The summed E-state index contributed by atoms with van der Waals surface area (Å²) < 4.78 is 5.57. The molecule has 1 saturated heterocycles. The van der Waals surface area contributed by atoms with E-state index in [4.69, 9.17) is 4.42 Å². The third-order valence-corrected chi connectivity index (χ3v) is 4.77. The molecule has 1 aliphatic rings. The summed E-state index contributed by atoms with van der Waals surface area (Å²) in [6, 6.07) is 1.92. The van der Waals surface area contributed by atoms with Gasteiger partial charge in [-0.15, -0.1) is 21.5 Å². The van der Waals surface area contributed by atoms with Crippen molar-refractivity contribution in [2.24, 2.45) is 0 Å². The van der Waals surface area contributed by atoms with E-state index in [0.717, 1.165) is 16.0 Å². The van der Waals surface area contributed by atoms with Gasteiger partial charge in [-0.25, -0.2) is 9.97 Å². The summed E-state index contributed by atoms with van der Waals surface area (Å²) in [7, 11) is 0. The van der Waals surface area contributed by atoms with Crippen molar-refractivity contribution in [1.82, 2.24) is 20.2 Å². The molecule has 0 amide bonds. The highest BCUT2D eigenvalue weighted by atomic mass is 32.1. The van der Waals surface area contributed by atoms with Gasteiger partial charge < -0.3 is 14.4 Å². The first-order chi connectivity index (χ1) is 10.6. The lowest BCUT2D eigenvalue weighted by molar-refractivity contribution is 0.192. The molecule has 1 fully saturated rings. The maximum absolute atomic E-state index is 10.1. The third kappa shape index (κ3) is 2.15. The summed E-state index contributed by atoms with van der Waals surface area (Å²) in [6.45, 7) is 4.30. The molecule has 4 rings (SSSR count). The number of aliphatic hydroxyl groups excluding tert-OH is 1. The van der Waals surface area contributed by atoms with Gasteiger partial charge in [0.25, 0.3) is 0 Å². The Balaban J connectivity index is 1.81. The molecule has 0 aliphatic carbocycles. The van der Waals surface area contributed by atoms with Crippen LogP contribution in [0.15, 0.2) is 16.8 Å². The maximum Gasteiger partial charge on any atom is 0.238 e. The number of rotatable bonds is 2. The molecule has 0 aromatic carbocycles. The van der Waals surface area contributed by atoms with Gasteiger partial charge in [-0.1, -0.05) is 0 Å². The van der Waals surface area contributed by atoms with Gasteiger partial charge in [0.1, 0.15) is 23.0 Å². The van der Waals surface area contributed by atoms with E-state index in [1.54, 1.807) is 24.6 Å². The first-order valence-corrected chi connectivity index (χ1v) is 7.89. The van der Waals surface area contributed by atoms with Crippen LogP contribution in [-0.4, -0.2) is 37.9 Å². The van der Waals surface area contributed by atoms with Crippen LogP contribution < -0.4 is 4.90 Å². The number of nitrogens with zero attached hydrogens (tertiary/aromatic N) is 5. The summed E-state index contributed by atoms with van der Waals surface area (Å²) in [4.78, 5) is 12.9. The maximum atomic E-state index is 10.1. The fourth-order valence-electron chi connectivity index (χ4n) is 2.92. The standard InChI is InChI=1S/C14H15N5O2S/c1-7-3-10-12(15-6-16-14(10)22-7)19-5-9(20)4-11(19)13-18-17-8(2)21-13/h3,6,9,11,20H,4-5H2,1-2H3/t9-,11-/m1/s1. The van der Waals surface area contributed by atoms with Crippen molar-refractivity contribution in [2.45, 2.75) is 32.4 Å². The second-order valence-corrected chi connectivity index (χ2v) is 6.72. The fourth-order valence-corrected chi connectivity index (χ4v) is 3.76. The Morgan fingerprint density at radius 2 is 2.18 bits per heavy atom. The van der Waals surface area contributed by atoms with Gasteiger partial charge in [-0.2, -0.15) is 0 Å². The summed E-state index contributed by atoms with van der Waals surface area (Å²) in [6.07, 6.45) is 1.67. The molecule has 1 N–H and O–H groups in total. The van der Waals surface area contributed by atoms with E-state index < -0.39 is 6.10 Å². The van der Waals surface area contributed by atoms with Crippen LogP contribution in [0.1, 0.15) is 29.1 Å². The van der Waals surface area contributed by atoms with Crippen molar-refractivity contribution < 1.29 is 9.52 Å². The van der Waals surface area contributed by atoms with Crippen LogP contribution in [0.2, 0.25) is 0 Å². The summed E-state index contributed by atoms with van der Waals surface area (Å²) in [5.41, 5.74) is 0. The molecule has 0 spiro atoms. The molecule has 0 saturated carbocycles. The molecule has 114 valence electrons. The second kappa shape index (κ2) is 4.99. The number of β-amino-alcohol motifs (C(OH)–C–C–N with tert-alkyl or cyclic N) is 1. The van der Waals surface area contributed by atoms with Crippen LogP contribution in [0.5, 0.6) is 0 Å². The van der Waals surface area contributed by atoms with Gasteiger partial charge >= 0.3 is 0 Å². The Bertz CT molecular complexity index is 830. The lowest BCUT2D eigenvalue weighted by atomic mass is 10.2. The van der Waals surface area contributed by atoms with Crippen molar-refractivity contribution in [2.75, 3.05) is 11.4 Å².